The third-order valence-electron chi connectivity index (χ3n) is 5.14. The molecule has 0 aliphatic heterocycles. The van der Waals surface area contributed by atoms with Gasteiger partial charge in [0.1, 0.15) is 17.1 Å². The van der Waals surface area contributed by atoms with Crippen LogP contribution in [0.15, 0.2) is 89.1 Å². The maximum absolute atomic E-state index is 5.64. The molecule has 4 nitrogen and oxygen atoms in total. The lowest BCUT2D eigenvalue weighted by atomic mass is 10.1. The summed E-state index contributed by atoms with van der Waals surface area (Å²) in [7, 11) is 0. The number of hydrogen-bond donors (Lipinski definition) is 0. The van der Waals surface area contributed by atoms with Gasteiger partial charge in [0.2, 0.25) is 0 Å². The van der Waals surface area contributed by atoms with E-state index in [2.05, 4.69) is 25.0 Å². The number of rotatable bonds is 4. The van der Waals surface area contributed by atoms with E-state index in [1.165, 1.54) is 17.3 Å². The second kappa shape index (κ2) is 9.37. The Kier molecular flexibility index (Phi) is 6.39. The molecule has 0 amide bonds. The SMILES string of the molecule is CSC(=S)n1nc(-c2ccccc2)c(N=Nc2cccc(C)c2C)c1-c1ccccc1. The molecule has 4 aromatic rings. The Morgan fingerprint density at radius 2 is 1.48 bits per heavy atom. The first-order valence-electron chi connectivity index (χ1n) is 9.90. The monoisotopic (exact) mass is 442 g/mol. The highest BCUT2D eigenvalue weighted by atomic mass is 32.2. The molecule has 4 rings (SSSR count). The molecule has 1 aromatic heterocycles. The fraction of sp³-hybridized carbons (Fsp3) is 0.120. The van der Waals surface area contributed by atoms with Gasteiger partial charge in [-0.25, -0.2) is 4.68 Å². The minimum atomic E-state index is 0.657. The molecule has 0 unspecified atom stereocenters. The van der Waals surface area contributed by atoms with Crippen LogP contribution in [0, 0.1) is 13.8 Å². The van der Waals surface area contributed by atoms with Crippen LogP contribution in [-0.2, 0) is 0 Å². The van der Waals surface area contributed by atoms with Gasteiger partial charge in [-0.3, -0.25) is 0 Å². The van der Waals surface area contributed by atoms with Crippen molar-refractivity contribution in [2.24, 2.45) is 10.2 Å². The normalized spacial score (nSPS) is 11.2. The molecule has 0 aliphatic carbocycles. The van der Waals surface area contributed by atoms with Crippen LogP contribution in [0.5, 0.6) is 0 Å². The van der Waals surface area contributed by atoms with Crippen molar-refractivity contribution in [2.45, 2.75) is 13.8 Å². The predicted octanol–water partition coefficient (Wildman–Crippen LogP) is 7.75. The molecule has 3 aromatic carbocycles. The number of azo groups is 1. The van der Waals surface area contributed by atoms with E-state index in [1.54, 1.807) is 4.68 Å². The lowest BCUT2D eigenvalue weighted by molar-refractivity contribution is 0.975. The summed E-state index contributed by atoms with van der Waals surface area (Å²) in [5, 5.41) is 14.3. The molecule has 6 heteroatoms. The summed E-state index contributed by atoms with van der Waals surface area (Å²) in [6, 6.07) is 26.2. The number of hydrogen-bond acceptors (Lipinski definition) is 5. The van der Waals surface area contributed by atoms with Crippen LogP contribution >= 0.6 is 24.0 Å². The van der Waals surface area contributed by atoms with Gasteiger partial charge < -0.3 is 0 Å². The van der Waals surface area contributed by atoms with Crippen molar-refractivity contribution in [1.29, 1.82) is 0 Å². The first kappa shape index (κ1) is 21.2. The summed E-state index contributed by atoms with van der Waals surface area (Å²) in [4.78, 5) is 0. The van der Waals surface area contributed by atoms with Crippen LogP contribution < -0.4 is 0 Å². The standard InChI is InChI=1S/C25H22N4S2/c1-17-11-10-16-21(18(17)2)26-27-23-22(19-12-6-4-7-13-19)28-29(25(30)31-3)24(23)20-14-8-5-9-15-20/h4-16H,1-3H3. The van der Waals surface area contributed by atoms with E-state index in [0.29, 0.717) is 10.0 Å². The molecule has 0 spiro atoms. The topological polar surface area (TPSA) is 42.5 Å². The van der Waals surface area contributed by atoms with Gasteiger partial charge in [-0.1, -0.05) is 96.8 Å². The Hall–Kier alpha value is -3.09. The Balaban J connectivity index is 1.98. The highest BCUT2D eigenvalue weighted by Crippen LogP contribution is 2.40. The molecule has 0 radical (unpaired) electrons. The molecule has 0 aliphatic rings. The first-order valence-corrected chi connectivity index (χ1v) is 11.5. The zero-order chi connectivity index (χ0) is 21.8. The van der Waals surface area contributed by atoms with E-state index >= 15 is 0 Å². The van der Waals surface area contributed by atoms with Gasteiger partial charge in [0.15, 0.2) is 4.32 Å². The molecular formula is C25H22N4S2. The summed E-state index contributed by atoms with van der Waals surface area (Å²) in [5.41, 5.74) is 7.40. The minimum absolute atomic E-state index is 0.657. The zero-order valence-electron chi connectivity index (χ0n) is 17.6. The molecule has 0 saturated heterocycles. The minimum Gasteiger partial charge on any atom is -0.213 e. The fourth-order valence-corrected chi connectivity index (χ4v) is 3.75. The summed E-state index contributed by atoms with van der Waals surface area (Å²) in [6.45, 7) is 4.14. The molecule has 31 heavy (non-hydrogen) atoms. The summed E-state index contributed by atoms with van der Waals surface area (Å²) >= 11 is 7.12. The molecule has 1 heterocycles. The molecular weight excluding hydrogens is 420 g/mol. The van der Waals surface area contributed by atoms with Crippen molar-refractivity contribution in [3.05, 3.63) is 90.0 Å². The molecule has 0 fully saturated rings. The summed E-state index contributed by atoms with van der Waals surface area (Å²) < 4.78 is 2.46. The van der Waals surface area contributed by atoms with E-state index in [9.17, 15) is 0 Å². The van der Waals surface area contributed by atoms with E-state index < -0.39 is 0 Å². The number of thiocarbonyl (C=S) groups is 1. The molecule has 0 N–H and O–H groups in total. The van der Waals surface area contributed by atoms with Crippen LogP contribution in [0.3, 0.4) is 0 Å². The van der Waals surface area contributed by atoms with Gasteiger partial charge in [-0.2, -0.15) is 10.2 Å². The first-order chi connectivity index (χ1) is 15.1. The number of nitrogens with zero attached hydrogens (tertiary/aromatic N) is 4. The van der Waals surface area contributed by atoms with Crippen LogP contribution in [-0.4, -0.2) is 20.4 Å². The van der Waals surface area contributed by atoms with Crippen LogP contribution in [0.2, 0.25) is 0 Å². The Bertz CT molecular complexity index is 1250. The molecule has 154 valence electrons. The second-order valence-electron chi connectivity index (χ2n) is 7.08. The van der Waals surface area contributed by atoms with Crippen molar-refractivity contribution < 1.29 is 0 Å². The van der Waals surface area contributed by atoms with Crippen molar-refractivity contribution in [3.8, 4) is 22.5 Å². The highest BCUT2D eigenvalue weighted by Gasteiger charge is 2.22. The maximum atomic E-state index is 5.64. The van der Waals surface area contributed by atoms with E-state index in [1.807, 2.05) is 79.1 Å². The Morgan fingerprint density at radius 3 is 2.13 bits per heavy atom. The average Bonchev–Trinajstić information content (AvgIpc) is 3.20. The largest absolute Gasteiger partial charge is 0.213 e. The molecule has 0 bridgehead atoms. The fourth-order valence-electron chi connectivity index (χ4n) is 3.32. The predicted molar refractivity (Wildman–Crippen MR) is 135 cm³/mol. The van der Waals surface area contributed by atoms with Crippen LogP contribution in [0.25, 0.3) is 22.5 Å². The van der Waals surface area contributed by atoms with Gasteiger partial charge in [-0.05, 0) is 37.3 Å². The average molecular weight is 443 g/mol. The van der Waals surface area contributed by atoms with E-state index in [-0.39, 0.29) is 0 Å². The van der Waals surface area contributed by atoms with Crippen molar-refractivity contribution in [3.63, 3.8) is 0 Å². The number of thioether (sulfide) groups is 1. The third kappa shape index (κ3) is 4.36. The lowest BCUT2D eigenvalue weighted by Crippen LogP contribution is -2.08. The van der Waals surface area contributed by atoms with Crippen LogP contribution in [0.4, 0.5) is 11.4 Å². The van der Waals surface area contributed by atoms with E-state index in [0.717, 1.165) is 33.8 Å². The Morgan fingerprint density at radius 1 is 0.839 bits per heavy atom. The summed E-state index contributed by atoms with van der Waals surface area (Å²) in [5.74, 6) is 0. The van der Waals surface area contributed by atoms with E-state index in [4.69, 9.17) is 22.4 Å². The summed E-state index contributed by atoms with van der Waals surface area (Å²) in [6.07, 6.45) is 1.96. The smallest absolute Gasteiger partial charge is 0.161 e. The van der Waals surface area contributed by atoms with Gasteiger partial charge in [0.05, 0.1) is 5.69 Å². The molecule has 0 saturated carbocycles. The zero-order valence-corrected chi connectivity index (χ0v) is 19.2. The van der Waals surface area contributed by atoms with Crippen molar-refractivity contribution >= 4 is 39.7 Å². The quantitative estimate of drug-likeness (QED) is 0.240. The third-order valence-corrected chi connectivity index (χ3v) is 6.33. The second-order valence-corrected chi connectivity index (χ2v) is 8.52. The van der Waals surface area contributed by atoms with Crippen molar-refractivity contribution in [2.75, 3.05) is 6.26 Å². The number of aromatic nitrogens is 2. The van der Waals surface area contributed by atoms with Crippen LogP contribution in [0.1, 0.15) is 11.1 Å². The van der Waals surface area contributed by atoms with Gasteiger partial charge in [-0.15, -0.1) is 5.11 Å². The van der Waals surface area contributed by atoms with Crippen molar-refractivity contribution in [1.82, 2.24) is 9.78 Å². The van der Waals surface area contributed by atoms with Gasteiger partial charge >= 0.3 is 0 Å². The molecule has 0 atom stereocenters. The lowest BCUT2D eigenvalue weighted by Gasteiger charge is -2.07. The number of aryl methyl sites for hydroxylation is 1. The maximum Gasteiger partial charge on any atom is 0.161 e. The van der Waals surface area contributed by atoms with Gasteiger partial charge in [0, 0.05) is 11.1 Å². The van der Waals surface area contributed by atoms with Gasteiger partial charge in [0.25, 0.3) is 0 Å². The number of benzene rings is 3. The highest BCUT2D eigenvalue weighted by molar-refractivity contribution is 8.22. The Labute approximate surface area is 192 Å².